The van der Waals surface area contributed by atoms with E-state index in [1.165, 1.54) is 12.1 Å². The van der Waals surface area contributed by atoms with Crippen molar-refractivity contribution >= 4 is 33.5 Å². The summed E-state index contributed by atoms with van der Waals surface area (Å²) in [6.07, 6.45) is 1.75. The van der Waals surface area contributed by atoms with Crippen molar-refractivity contribution in [3.05, 3.63) is 86.1 Å². The van der Waals surface area contributed by atoms with Gasteiger partial charge in [-0.05, 0) is 56.3 Å². The standard InChI is InChI=1S/C19H17BrN4O2/c1-13-11-15(14(2)23(13)18-7-3-16(20)4-8-18)12-21-22-17-5-9-19(10-6-17)24(25)26/h3-12,22H,1-2H3/b21-12-. The molecule has 3 rings (SSSR count). The average molecular weight is 413 g/mol. The number of benzene rings is 2. The Kier molecular flexibility index (Phi) is 5.18. The molecule has 7 heteroatoms. The normalized spacial score (nSPS) is 11.0. The van der Waals surface area contributed by atoms with Gasteiger partial charge in [0.25, 0.3) is 5.69 Å². The van der Waals surface area contributed by atoms with Gasteiger partial charge in [0.1, 0.15) is 0 Å². The fraction of sp³-hybridized carbons (Fsp3) is 0.105. The van der Waals surface area contributed by atoms with Gasteiger partial charge in [-0.15, -0.1) is 0 Å². The number of hydrogen-bond donors (Lipinski definition) is 1. The van der Waals surface area contributed by atoms with Crippen LogP contribution in [0, 0.1) is 24.0 Å². The molecule has 0 saturated heterocycles. The van der Waals surface area contributed by atoms with Crippen LogP contribution in [0.25, 0.3) is 5.69 Å². The maximum absolute atomic E-state index is 10.7. The SMILES string of the molecule is Cc1cc(/C=N\Nc2ccc([N+](=O)[O-])cc2)c(C)n1-c1ccc(Br)cc1. The van der Waals surface area contributed by atoms with E-state index >= 15 is 0 Å². The maximum atomic E-state index is 10.7. The Morgan fingerprint density at radius 3 is 2.38 bits per heavy atom. The molecule has 0 fully saturated rings. The molecule has 6 nitrogen and oxygen atoms in total. The van der Waals surface area contributed by atoms with Crippen LogP contribution in [0.4, 0.5) is 11.4 Å². The third-order valence-corrected chi connectivity index (χ3v) is 4.56. The lowest BCUT2D eigenvalue weighted by molar-refractivity contribution is -0.384. The summed E-state index contributed by atoms with van der Waals surface area (Å²) in [7, 11) is 0. The van der Waals surface area contributed by atoms with Gasteiger partial charge in [0.2, 0.25) is 0 Å². The summed E-state index contributed by atoms with van der Waals surface area (Å²) < 4.78 is 3.21. The summed E-state index contributed by atoms with van der Waals surface area (Å²) in [4.78, 5) is 10.2. The van der Waals surface area contributed by atoms with Crippen LogP contribution < -0.4 is 5.43 Å². The summed E-state index contributed by atoms with van der Waals surface area (Å²) >= 11 is 3.45. The van der Waals surface area contributed by atoms with Crippen molar-refractivity contribution < 1.29 is 4.92 Å². The molecule has 0 amide bonds. The number of aromatic nitrogens is 1. The molecule has 26 heavy (non-hydrogen) atoms. The molecule has 132 valence electrons. The molecule has 0 aliphatic carbocycles. The zero-order valence-corrected chi connectivity index (χ0v) is 15.9. The van der Waals surface area contributed by atoms with Crippen molar-refractivity contribution in [2.45, 2.75) is 13.8 Å². The molecule has 1 N–H and O–H groups in total. The highest BCUT2D eigenvalue weighted by Gasteiger charge is 2.09. The quantitative estimate of drug-likeness (QED) is 0.355. The van der Waals surface area contributed by atoms with Crippen molar-refractivity contribution in [3.63, 3.8) is 0 Å². The Morgan fingerprint density at radius 1 is 1.12 bits per heavy atom. The number of hydrogen-bond acceptors (Lipinski definition) is 4. The molecule has 1 aromatic heterocycles. The zero-order chi connectivity index (χ0) is 18.7. The number of anilines is 1. The summed E-state index contributed by atoms with van der Waals surface area (Å²) in [5.74, 6) is 0. The number of rotatable bonds is 5. The minimum absolute atomic E-state index is 0.0533. The van der Waals surface area contributed by atoms with Gasteiger partial charge in [0, 0.05) is 39.2 Å². The number of aryl methyl sites for hydroxylation is 1. The van der Waals surface area contributed by atoms with Gasteiger partial charge in [-0.2, -0.15) is 5.10 Å². The fourth-order valence-electron chi connectivity index (χ4n) is 2.74. The van der Waals surface area contributed by atoms with Crippen molar-refractivity contribution in [2.24, 2.45) is 5.10 Å². The largest absolute Gasteiger partial charge is 0.318 e. The van der Waals surface area contributed by atoms with E-state index < -0.39 is 4.92 Å². The Morgan fingerprint density at radius 2 is 1.77 bits per heavy atom. The van der Waals surface area contributed by atoms with Crippen molar-refractivity contribution in [2.75, 3.05) is 5.43 Å². The Hall–Kier alpha value is -2.93. The van der Waals surface area contributed by atoms with E-state index in [1.807, 2.05) is 19.1 Å². The van der Waals surface area contributed by atoms with Gasteiger partial charge in [0.05, 0.1) is 16.8 Å². The van der Waals surface area contributed by atoms with Crippen LogP contribution in [0.3, 0.4) is 0 Å². The second kappa shape index (κ2) is 7.53. The van der Waals surface area contributed by atoms with E-state index in [2.05, 4.69) is 56.1 Å². The molecule has 0 unspecified atom stereocenters. The first-order valence-corrected chi connectivity index (χ1v) is 8.73. The third kappa shape index (κ3) is 3.83. The number of nitro groups is 1. The molecular formula is C19H17BrN4O2. The average Bonchev–Trinajstić information content (AvgIpc) is 2.90. The molecule has 0 bridgehead atoms. The van der Waals surface area contributed by atoms with Crippen LogP contribution in [0.2, 0.25) is 0 Å². The lowest BCUT2D eigenvalue weighted by Gasteiger charge is -2.09. The number of nitrogens with zero attached hydrogens (tertiary/aromatic N) is 3. The summed E-state index contributed by atoms with van der Waals surface area (Å²) in [5.41, 5.74) is 7.92. The predicted molar refractivity (Wildman–Crippen MR) is 107 cm³/mol. The Bertz CT molecular complexity index is 960. The van der Waals surface area contributed by atoms with E-state index in [9.17, 15) is 10.1 Å². The smallest absolute Gasteiger partial charge is 0.269 e. The summed E-state index contributed by atoms with van der Waals surface area (Å²) in [6, 6.07) is 16.3. The molecule has 0 aliphatic heterocycles. The topological polar surface area (TPSA) is 72.5 Å². The van der Waals surface area contributed by atoms with Gasteiger partial charge in [0.15, 0.2) is 0 Å². The van der Waals surface area contributed by atoms with Gasteiger partial charge in [-0.1, -0.05) is 15.9 Å². The second-order valence-electron chi connectivity index (χ2n) is 5.81. The molecule has 1 heterocycles. The number of non-ortho nitro benzene ring substituents is 1. The highest BCUT2D eigenvalue weighted by atomic mass is 79.9. The fourth-order valence-corrected chi connectivity index (χ4v) is 3.00. The first-order valence-electron chi connectivity index (χ1n) is 7.94. The number of nitrogens with one attached hydrogen (secondary N) is 1. The van der Waals surface area contributed by atoms with E-state index in [0.29, 0.717) is 5.69 Å². The van der Waals surface area contributed by atoms with Crippen LogP contribution in [0.1, 0.15) is 17.0 Å². The molecule has 3 aromatic rings. The molecular weight excluding hydrogens is 396 g/mol. The van der Waals surface area contributed by atoms with Gasteiger partial charge < -0.3 is 4.57 Å². The van der Waals surface area contributed by atoms with Crippen molar-refractivity contribution in [1.29, 1.82) is 0 Å². The second-order valence-corrected chi connectivity index (χ2v) is 6.73. The highest BCUT2D eigenvalue weighted by molar-refractivity contribution is 9.10. The Labute approximate surface area is 159 Å². The minimum Gasteiger partial charge on any atom is -0.318 e. The van der Waals surface area contributed by atoms with Gasteiger partial charge in [-0.25, -0.2) is 0 Å². The van der Waals surface area contributed by atoms with Crippen LogP contribution >= 0.6 is 15.9 Å². The molecule has 0 aliphatic rings. The molecule has 0 radical (unpaired) electrons. The van der Waals surface area contributed by atoms with E-state index in [0.717, 1.165) is 27.1 Å². The van der Waals surface area contributed by atoms with Crippen LogP contribution in [-0.2, 0) is 0 Å². The lowest BCUT2D eigenvalue weighted by atomic mass is 10.2. The molecule has 0 atom stereocenters. The number of nitro benzene ring substituents is 1. The van der Waals surface area contributed by atoms with Gasteiger partial charge in [-0.3, -0.25) is 15.5 Å². The van der Waals surface area contributed by atoms with Gasteiger partial charge >= 0.3 is 0 Å². The number of hydrazone groups is 1. The maximum Gasteiger partial charge on any atom is 0.269 e. The van der Waals surface area contributed by atoms with Crippen molar-refractivity contribution in [1.82, 2.24) is 4.57 Å². The first kappa shape index (κ1) is 17.9. The lowest BCUT2D eigenvalue weighted by Crippen LogP contribution is -1.99. The zero-order valence-electron chi connectivity index (χ0n) is 14.3. The molecule has 0 spiro atoms. The van der Waals surface area contributed by atoms with Crippen LogP contribution in [-0.4, -0.2) is 15.7 Å². The Balaban J connectivity index is 1.78. The van der Waals surface area contributed by atoms with Crippen LogP contribution in [0.15, 0.2) is 64.2 Å². The van der Waals surface area contributed by atoms with E-state index in [1.54, 1.807) is 18.3 Å². The van der Waals surface area contributed by atoms with E-state index in [4.69, 9.17) is 0 Å². The molecule has 2 aromatic carbocycles. The molecule has 0 saturated carbocycles. The minimum atomic E-state index is -0.427. The number of halogens is 1. The predicted octanol–water partition coefficient (Wildman–Crippen LogP) is 5.21. The third-order valence-electron chi connectivity index (χ3n) is 4.03. The van der Waals surface area contributed by atoms with Crippen molar-refractivity contribution in [3.8, 4) is 5.69 Å². The monoisotopic (exact) mass is 412 g/mol. The first-order chi connectivity index (χ1) is 12.5. The highest BCUT2D eigenvalue weighted by Crippen LogP contribution is 2.21. The van der Waals surface area contributed by atoms with E-state index in [-0.39, 0.29) is 5.69 Å². The van der Waals surface area contributed by atoms with Crippen LogP contribution in [0.5, 0.6) is 0 Å². The summed E-state index contributed by atoms with van der Waals surface area (Å²) in [6.45, 7) is 4.10. The summed E-state index contributed by atoms with van der Waals surface area (Å²) in [5, 5.41) is 14.9.